The number of hydrogen-bond acceptors (Lipinski definition) is 3. The Bertz CT molecular complexity index is 1020. The summed E-state index contributed by atoms with van der Waals surface area (Å²) in [7, 11) is 0. The third kappa shape index (κ3) is 3.99. The first-order valence-electron chi connectivity index (χ1n) is 11.6. The predicted molar refractivity (Wildman–Crippen MR) is 121 cm³/mol. The average Bonchev–Trinajstić information content (AvgIpc) is 3.20. The summed E-state index contributed by atoms with van der Waals surface area (Å²) in [5, 5.41) is 0. The molecule has 1 aliphatic carbocycles. The molecule has 3 heterocycles. The first-order valence-corrected chi connectivity index (χ1v) is 11.6. The van der Waals surface area contributed by atoms with Crippen LogP contribution in [0.2, 0.25) is 0 Å². The lowest BCUT2D eigenvalue weighted by Gasteiger charge is -2.40. The summed E-state index contributed by atoms with van der Waals surface area (Å²) in [5.41, 5.74) is 3.01. The normalized spacial score (nSPS) is 21.7. The zero-order chi connectivity index (χ0) is 21.1. The maximum Gasteiger partial charge on any atom is 0.233 e. The highest BCUT2D eigenvalue weighted by atomic mass is 16.5. The summed E-state index contributed by atoms with van der Waals surface area (Å²) < 4.78 is 8.06. The predicted octanol–water partition coefficient (Wildman–Crippen LogP) is 4.25. The van der Waals surface area contributed by atoms with E-state index in [4.69, 9.17) is 4.74 Å². The van der Waals surface area contributed by atoms with Crippen LogP contribution in [0.5, 0.6) is 0 Å². The molecule has 1 saturated heterocycles. The monoisotopic (exact) mass is 417 g/mol. The Hall–Kier alpha value is -2.66. The number of nitrogens with zero attached hydrogens (tertiary/aromatic N) is 3. The first kappa shape index (κ1) is 20.3. The number of aromatic nitrogens is 2. The van der Waals surface area contributed by atoms with Crippen LogP contribution in [0.1, 0.15) is 43.4 Å². The van der Waals surface area contributed by atoms with Crippen LogP contribution >= 0.6 is 0 Å². The first-order chi connectivity index (χ1) is 15.3. The molecule has 1 aliphatic heterocycles. The molecule has 0 spiro atoms. The molecule has 0 N–H and O–H groups in total. The summed E-state index contributed by atoms with van der Waals surface area (Å²) in [4.78, 5) is 20.8. The van der Waals surface area contributed by atoms with E-state index < -0.39 is 0 Å². The Morgan fingerprint density at radius 3 is 2.74 bits per heavy atom. The maximum atomic E-state index is 14.0. The van der Waals surface area contributed by atoms with Gasteiger partial charge in [0, 0.05) is 37.6 Å². The Labute approximate surface area is 184 Å². The lowest BCUT2D eigenvalue weighted by Crippen LogP contribution is -2.50. The molecule has 5 nitrogen and oxygen atoms in total. The fourth-order valence-electron chi connectivity index (χ4n) is 5.49. The van der Waals surface area contributed by atoms with Gasteiger partial charge in [-0.15, -0.1) is 0 Å². The lowest BCUT2D eigenvalue weighted by atomic mass is 9.68. The van der Waals surface area contributed by atoms with Gasteiger partial charge < -0.3 is 14.0 Å². The minimum atomic E-state index is -0.381. The molecule has 5 heteroatoms. The van der Waals surface area contributed by atoms with Gasteiger partial charge in [-0.25, -0.2) is 0 Å². The van der Waals surface area contributed by atoms with Crippen molar-refractivity contribution in [1.29, 1.82) is 0 Å². The number of fused-ring (bicyclic) bond motifs is 1. The molecule has 1 aromatic carbocycles. The molecule has 2 fully saturated rings. The van der Waals surface area contributed by atoms with Crippen LogP contribution in [0.15, 0.2) is 61.1 Å². The van der Waals surface area contributed by atoms with Crippen molar-refractivity contribution in [3.63, 3.8) is 0 Å². The van der Waals surface area contributed by atoms with Crippen molar-refractivity contribution in [2.75, 3.05) is 26.3 Å². The molecule has 1 atom stereocenters. The largest absolute Gasteiger partial charge is 0.379 e. The second kappa shape index (κ2) is 8.83. The van der Waals surface area contributed by atoms with Crippen LogP contribution in [-0.2, 0) is 21.4 Å². The van der Waals surface area contributed by atoms with Gasteiger partial charge in [0.05, 0.1) is 29.8 Å². The van der Waals surface area contributed by atoms with Crippen molar-refractivity contribution < 1.29 is 9.53 Å². The number of carbonyl (C=O) groups excluding carboxylic acids is 1. The number of ether oxygens (including phenoxy) is 1. The van der Waals surface area contributed by atoms with Gasteiger partial charge in [-0.2, -0.15) is 0 Å². The minimum absolute atomic E-state index is 0.247. The van der Waals surface area contributed by atoms with Crippen LogP contribution in [0.3, 0.4) is 0 Å². The van der Waals surface area contributed by atoms with Crippen LogP contribution in [0.25, 0.3) is 5.52 Å². The van der Waals surface area contributed by atoms with E-state index in [1.165, 1.54) is 12.0 Å². The number of hydrogen-bond donors (Lipinski definition) is 0. The molecule has 1 saturated carbocycles. The topological polar surface area (TPSA) is 46.8 Å². The Morgan fingerprint density at radius 2 is 1.90 bits per heavy atom. The van der Waals surface area contributed by atoms with Crippen molar-refractivity contribution in [2.45, 2.75) is 43.9 Å². The van der Waals surface area contributed by atoms with Crippen molar-refractivity contribution >= 4 is 11.4 Å². The molecule has 3 aromatic rings. The number of benzene rings is 1. The van der Waals surface area contributed by atoms with Crippen LogP contribution < -0.4 is 0 Å². The fraction of sp³-hybridized carbons (Fsp3) is 0.462. The molecular weight excluding hydrogens is 386 g/mol. The third-order valence-corrected chi connectivity index (χ3v) is 7.08. The zero-order valence-corrected chi connectivity index (χ0v) is 18.1. The zero-order valence-electron chi connectivity index (χ0n) is 18.1. The Kier molecular flexibility index (Phi) is 5.77. The summed E-state index contributed by atoms with van der Waals surface area (Å²) >= 11 is 0. The van der Waals surface area contributed by atoms with E-state index in [0.29, 0.717) is 25.7 Å². The van der Waals surface area contributed by atoms with Crippen LogP contribution in [-0.4, -0.2) is 46.5 Å². The van der Waals surface area contributed by atoms with E-state index in [-0.39, 0.29) is 11.3 Å². The van der Waals surface area contributed by atoms with Crippen molar-refractivity contribution in [3.05, 3.63) is 72.3 Å². The Morgan fingerprint density at radius 1 is 1.06 bits per heavy atom. The van der Waals surface area contributed by atoms with E-state index in [0.717, 1.165) is 49.9 Å². The molecule has 0 radical (unpaired) electrons. The van der Waals surface area contributed by atoms with Gasteiger partial charge in [0.2, 0.25) is 5.91 Å². The van der Waals surface area contributed by atoms with E-state index in [1.54, 1.807) is 0 Å². The van der Waals surface area contributed by atoms with Crippen molar-refractivity contribution in [1.82, 2.24) is 14.3 Å². The van der Waals surface area contributed by atoms with E-state index >= 15 is 0 Å². The quantitative estimate of drug-likeness (QED) is 0.637. The number of amides is 1. The highest BCUT2D eigenvalue weighted by molar-refractivity contribution is 5.88. The lowest BCUT2D eigenvalue weighted by molar-refractivity contribution is -0.139. The smallest absolute Gasteiger partial charge is 0.233 e. The van der Waals surface area contributed by atoms with Crippen LogP contribution in [0, 0.1) is 5.92 Å². The van der Waals surface area contributed by atoms with Gasteiger partial charge in [-0.05, 0) is 37.0 Å². The highest BCUT2D eigenvalue weighted by Gasteiger charge is 2.44. The Balaban J connectivity index is 1.39. The second-order valence-electron chi connectivity index (χ2n) is 9.08. The molecule has 0 bridgehead atoms. The molecule has 2 aliphatic rings. The van der Waals surface area contributed by atoms with Gasteiger partial charge in [-0.1, -0.05) is 49.6 Å². The number of carbonyl (C=O) groups is 1. The van der Waals surface area contributed by atoms with Gasteiger partial charge in [-0.3, -0.25) is 9.78 Å². The molecule has 1 unspecified atom stereocenters. The molecule has 5 rings (SSSR count). The summed E-state index contributed by atoms with van der Waals surface area (Å²) in [6, 6.07) is 14.6. The summed E-state index contributed by atoms with van der Waals surface area (Å²) in [6.45, 7) is 2.69. The third-order valence-electron chi connectivity index (χ3n) is 7.08. The van der Waals surface area contributed by atoms with Gasteiger partial charge in [0.25, 0.3) is 0 Å². The molecule has 31 heavy (non-hydrogen) atoms. The van der Waals surface area contributed by atoms with E-state index in [1.807, 2.05) is 30.7 Å². The van der Waals surface area contributed by atoms with Crippen LogP contribution in [0.4, 0.5) is 0 Å². The number of rotatable bonds is 4. The van der Waals surface area contributed by atoms with Crippen molar-refractivity contribution in [3.8, 4) is 0 Å². The van der Waals surface area contributed by atoms with Gasteiger partial charge >= 0.3 is 0 Å². The maximum absolute atomic E-state index is 14.0. The fourth-order valence-corrected chi connectivity index (χ4v) is 5.49. The van der Waals surface area contributed by atoms with Gasteiger partial charge in [0.1, 0.15) is 0 Å². The summed E-state index contributed by atoms with van der Waals surface area (Å²) in [6.07, 6.45) is 12.1. The summed E-state index contributed by atoms with van der Waals surface area (Å²) in [5.74, 6) is 0.541. The molecule has 1 amide bonds. The standard InChI is InChI=1S/C26H31N3O2/c30-25(26(11-5-2-6-12-26)22-8-3-1-4-9-22)29-16-17-31-20-21(19-29)18-23-24-10-7-14-28(24)15-13-27-23/h1,3-4,7-10,13-15,21H,2,5-6,11-12,16-20H2. The van der Waals surface area contributed by atoms with E-state index in [9.17, 15) is 4.79 Å². The molecule has 162 valence electrons. The molecular formula is C26H31N3O2. The SMILES string of the molecule is O=C(N1CCOCC(Cc2nccn3cccc23)C1)C1(c2ccccc2)CCCCC1. The van der Waals surface area contributed by atoms with E-state index in [2.05, 4.69) is 44.6 Å². The van der Waals surface area contributed by atoms with Gasteiger partial charge in [0.15, 0.2) is 0 Å². The minimum Gasteiger partial charge on any atom is -0.379 e. The average molecular weight is 418 g/mol. The second-order valence-corrected chi connectivity index (χ2v) is 9.08. The molecule has 2 aromatic heterocycles. The van der Waals surface area contributed by atoms with Crippen molar-refractivity contribution in [2.24, 2.45) is 5.92 Å². The highest BCUT2D eigenvalue weighted by Crippen LogP contribution is 2.41.